The molecule has 2 heterocycles. The number of carbonyl (C=O) groups excluding carboxylic acids is 1. The molecule has 4 rings (SSSR count). The highest BCUT2D eigenvalue weighted by atomic mass is 35.5. The normalized spacial score (nSPS) is 14.9. The molecule has 3 aromatic rings. The van der Waals surface area contributed by atoms with Gasteiger partial charge in [0.25, 0.3) is 0 Å². The zero-order valence-corrected chi connectivity index (χ0v) is 19.5. The summed E-state index contributed by atoms with van der Waals surface area (Å²) in [6, 6.07) is 7.39. The Balaban J connectivity index is 1.59. The van der Waals surface area contributed by atoms with Gasteiger partial charge in [0.1, 0.15) is 17.6 Å². The lowest BCUT2D eigenvalue weighted by molar-refractivity contribution is -0.120. The molecule has 1 saturated carbocycles. The summed E-state index contributed by atoms with van der Waals surface area (Å²) in [5.41, 5.74) is -0.00148. The van der Waals surface area contributed by atoms with Gasteiger partial charge in [-0.2, -0.15) is 0 Å². The summed E-state index contributed by atoms with van der Waals surface area (Å²) >= 11 is 6.05. The molecular weight excluding hydrogens is 477 g/mol. The highest BCUT2D eigenvalue weighted by Gasteiger charge is 2.28. The van der Waals surface area contributed by atoms with E-state index in [9.17, 15) is 19.1 Å². The molecule has 2 aromatic heterocycles. The van der Waals surface area contributed by atoms with E-state index in [1.807, 2.05) is 0 Å². The molecule has 0 spiro atoms. The van der Waals surface area contributed by atoms with Gasteiger partial charge < -0.3 is 24.8 Å². The minimum Gasteiger partial charge on any atom is -0.494 e. The van der Waals surface area contributed by atoms with Crippen molar-refractivity contribution in [2.45, 2.75) is 44.6 Å². The lowest BCUT2D eigenvalue weighted by Gasteiger charge is -2.27. The number of carboxylic acids is 1. The van der Waals surface area contributed by atoms with E-state index in [4.69, 9.17) is 21.4 Å². The molecule has 1 fully saturated rings. The second-order valence-electron chi connectivity index (χ2n) is 8.58. The lowest BCUT2D eigenvalue weighted by Crippen LogP contribution is -2.28. The average molecular weight is 502 g/mol. The molecule has 0 aliphatic heterocycles. The minimum absolute atomic E-state index is 0.00148. The molecule has 0 radical (unpaired) electrons. The number of hydrogen-bond donors (Lipinski definition) is 3. The molecule has 8 nitrogen and oxygen atoms in total. The molecule has 1 aliphatic rings. The van der Waals surface area contributed by atoms with E-state index in [-0.39, 0.29) is 39.7 Å². The number of aromatic carboxylic acids is 1. The molecule has 1 aliphatic carbocycles. The van der Waals surface area contributed by atoms with Crippen LogP contribution in [-0.4, -0.2) is 31.6 Å². The second kappa shape index (κ2) is 10.8. The van der Waals surface area contributed by atoms with Crippen LogP contribution in [0.5, 0.6) is 17.4 Å². The third kappa shape index (κ3) is 5.92. The van der Waals surface area contributed by atoms with E-state index in [1.165, 1.54) is 47.2 Å². The number of pyridine rings is 1. The van der Waals surface area contributed by atoms with Crippen molar-refractivity contribution >= 4 is 29.3 Å². The van der Waals surface area contributed by atoms with Gasteiger partial charge in [0.2, 0.25) is 5.91 Å². The molecule has 0 bridgehead atoms. The molecule has 35 heavy (non-hydrogen) atoms. The van der Waals surface area contributed by atoms with Gasteiger partial charge in [0.05, 0.1) is 16.8 Å². The first-order valence-electron chi connectivity index (χ1n) is 11.3. The fourth-order valence-corrected chi connectivity index (χ4v) is 4.54. The Morgan fingerprint density at radius 2 is 2.00 bits per heavy atom. The van der Waals surface area contributed by atoms with Gasteiger partial charge in [-0.15, -0.1) is 0 Å². The first kappa shape index (κ1) is 24.5. The summed E-state index contributed by atoms with van der Waals surface area (Å²) in [4.78, 5) is 28.4. The van der Waals surface area contributed by atoms with Crippen LogP contribution >= 0.6 is 11.6 Å². The van der Waals surface area contributed by atoms with Gasteiger partial charge in [-0.05, 0) is 36.6 Å². The maximum atomic E-state index is 14.2. The molecule has 0 saturated heterocycles. The van der Waals surface area contributed by atoms with Gasteiger partial charge in [0.15, 0.2) is 17.4 Å². The van der Waals surface area contributed by atoms with Crippen LogP contribution in [-0.2, 0) is 4.79 Å². The highest BCUT2D eigenvalue weighted by molar-refractivity contribution is 6.32. The van der Waals surface area contributed by atoms with Crippen LogP contribution in [0, 0.1) is 11.7 Å². The molecule has 3 N–H and O–H groups in total. The summed E-state index contributed by atoms with van der Waals surface area (Å²) in [6.45, 7) is 0. The van der Waals surface area contributed by atoms with Gasteiger partial charge in [0, 0.05) is 12.3 Å². The molecule has 10 heteroatoms. The predicted molar refractivity (Wildman–Crippen MR) is 128 cm³/mol. The Morgan fingerprint density at radius 1 is 1.23 bits per heavy atom. The fourth-order valence-electron chi connectivity index (χ4n) is 4.33. The van der Waals surface area contributed by atoms with Crippen LogP contribution in [0.4, 0.5) is 10.2 Å². The number of carbonyl (C=O) groups is 2. The molecule has 1 amide bonds. The number of ether oxygens (including phenoxy) is 1. The van der Waals surface area contributed by atoms with E-state index >= 15 is 0 Å². The fraction of sp³-hybridized carbons (Fsp3) is 0.320. The lowest BCUT2D eigenvalue weighted by atomic mass is 9.84. The van der Waals surface area contributed by atoms with Gasteiger partial charge in [-0.25, -0.2) is 14.2 Å². The first-order chi connectivity index (χ1) is 16.8. The summed E-state index contributed by atoms with van der Waals surface area (Å²) in [5.74, 6) is -2.00. The molecule has 1 aromatic carbocycles. The quantitative estimate of drug-likeness (QED) is 0.347. The van der Waals surface area contributed by atoms with Crippen LogP contribution in [0.25, 0.3) is 0 Å². The Labute approximate surface area is 206 Å². The van der Waals surface area contributed by atoms with Crippen molar-refractivity contribution in [1.82, 2.24) is 9.55 Å². The van der Waals surface area contributed by atoms with Crippen LogP contribution in [0.1, 0.15) is 54.9 Å². The van der Waals surface area contributed by atoms with Gasteiger partial charge in [-0.1, -0.05) is 49.8 Å². The largest absolute Gasteiger partial charge is 0.494 e. The number of amides is 1. The van der Waals surface area contributed by atoms with E-state index in [2.05, 4.69) is 10.3 Å². The Hall–Kier alpha value is -3.59. The Kier molecular flexibility index (Phi) is 7.55. The van der Waals surface area contributed by atoms with E-state index < -0.39 is 23.7 Å². The van der Waals surface area contributed by atoms with E-state index in [0.29, 0.717) is 6.42 Å². The highest BCUT2D eigenvalue weighted by Crippen LogP contribution is 2.38. The topological polar surface area (TPSA) is 114 Å². The number of benzene rings is 1. The third-order valence-corrected chi connectivity index (χ3v) is 6.42. The monoisotopic (exact) mass is 501 g/mol. The first-order valence-corrected chi connectivity index (χ1v) is 11.7. The van der Waals surface area contributed by atoms with Crippen molar-refractivity contribution in [3.8, 4) is 17.4 Å². The maximum absolute atomic E-state index is 14.2. The average Bonchev–Trinajstić information content (AvgIpc) is 3.20. The number of para-hydroxylation sites is 1. The zero-order valence-electron chi connectivity index (χ0n) is 18.8. The van der Waals surface area contributed by atoms with E-state index in [1.54, 1.807) is 0 Å². The number of rotatable bonds is 8. The second-order valence-corrected chi connectivity index (χ2v) is 8.98. The summed E-state index contributed by atoms with van der Waals surface area (Å²) < 4.78 is 21.1. The zero-order chi connectivity index (χ0) is 24.9. The number of nitrogens with one attached hydrogen (secondary N) is 1. The molecule has 0 unspecified atom stereocenters. The van der Waals surface area contributed by atoms with Crippen molar-refractivity contribution in [2.75, 3.05) is 5.32 Å². The van der Waals surface area contributed by atoms with Crippen molar-refractivity contribution in [3.63, 3.8) is 0 Å². The van der Waals surface area contributed by atoms with Crippen molar-refractivity contribution in [2.24, 2.45) is 5.92 Å². The predicted octanol–water partition coefficient (Wildman–Crippen LogP) is 6.02. The summed E-state index contributed by atoms with van der Waals surface area (Å²) in [6.07, 6.45) is 8.34. The van der Waals surface area contributed by atoms with Crippen molar-refractivity contribution in [3.05, 3.63) is 65.2 Å². The van der Waals surface area contributed by atoms with E-state index in [0.717, 1.165) is 38.3 Å². The number of aromatic hydroxyl groups is 1. The minimum atomic E-state index is -1.12. The number of aromatic nitrogens is 2. The summed E-state index contributed by atoms with van der Waals surface area (Å²) in [7, 11) is 0. The number of nitrogens with zero attached hydrogens (tertiary/aromatic N) is 2. The third-order valence-electron chi connectivity index (χ3n) is 6.12. The maximum Gasteiger partial charge on any atom is 0.337 e. The molecular formula is C25H25ClFN3O5. The number of anilines is 1. The van der Waals surface area contributed by atoms with Gasteiger partial charge >= 0.3 is 5.97 Å². The van der Waals surface area contributed by atoms with Gasteiger partial charge in [-0.3, -0.25) is 4.79 Å². The smallest absolute Gasteiger partial charge is 0.337 e. The standard InChI is InChI=1S/C25H25ClFN3O5/c26-18-7-4-8-19(27)23(18)35-17-12-22(31)30(14-17)20(11-15-5-2-1-3-6-15)24(32)29-21-10-9-16(13-28-21)25(33)34/h4,7-10,12-15,20,31H,1-3,5-6,11H2,(H,33,34)(H,28,29,32)/t20-/m0/s1. The summed E-state index contributed by atoms with van der Waals surface area (Å²) in [5, 5.41) is 22.5. The number of hydrogen-bond acceptors (Lipinski definition) is 5. The Morgan fingerprint density at radius 3 is 2.66 bits per heavy atom. The van der Waals surface area contributed by atoms with Crippen LogP contribution in [0.15, 0.2) is 48.8 Å². The van der Waals surface area contributed by atoms with Crippen LogP contribution in [0.2, 0.25) is 5.02 Å². The Bertz CT molecular complexity index is 1190. The molecule has 1 atom stereocenters. The van der Waals surface area contributed by atoms with Crippen LogP contribution in [0.3, 0.4) is 0 Å². The number of halogens is 2. The van der Waals surface area contributed by atoms with Crippen LogP contribution < -0.4 is 10.1 Å². The number of carboxylic acid groups (broad SMARTS) is 1. The van der Waals surface area contributed by atoms with Crippen molar-refractivity contribution in [1.29, 1.82) is 0 Å². The molecule has 184 valence electrons. The van der Waals surface area contributed by atoms with Crippen molar-refractivity contribution < 1.29 is 28.9 Å². The SMILES string of the molecule is O=C(O)c1ccc(NC(=O)[C@H](CC2CCCCC2)n2cc(Oc3c(F)cccc3Cl)cc2O)nc1.